The van der Waals surface area contributed by atoms with Gasteiger partial charge in [0, 0.05) is 6.92 Å². The zero-order valence-electron chi connectivity index (χ0n) is 21.2. The molecule has 0 spiro atoms. The van der Waals surface area contributed by atoms with Gasteiger partial charge in [0.25, 0.3) is 0 Å². The highest BCUT2D eigenvalue weighted by Crippen LogP contribution is 2.67. The van der Waals surface area contributed by atoms with E-state index in [-0.39, 0.29) is 12.1 Å². The molecule has 0 amide bonds. The fraction of sp³-hybridized carbons (Fsp3) is 0.897. The number of hydrogen-bond acceptors (Lipinski definition) is 2. The van der Waals surface area contributed by atoms with Crippen LogP contribution in [-0.2, 0) is 9.53 Å². The molecule has 8 atom stereocenters. The summed E-state index contributed by atoms with van der Waals surface area (Å²) in [6.45, 7) is 14.1. The van der Waals surface area contributed by atoms with Crippen LogP contribution in [0, 0.1) is 46.3 Å². The minimum Gasteiger partial charge on any atom is -0.458 e. The molecule has 3 fully saturated rings. The van der Waals surface area contributed by atoms with Crippen LogP contribution >= 0.6 is 0 Å². The number of carbonyl (C=O) groups is 1. The second-order valence-corrected chi connectivity index (χ2v) is 12.7. The maximum atomic E-state index is 11.5. The first-order valence-electron chi connectivity index (χ1n) is 13.5. The van der Waals surface area contributed by atoms with Gasteiger partial charge in [0.2, 0.25) is 0 Å². The van der Waals surface area contributed by atoms with Crippen molar-refractivity contribution in [2.45, 2.75) is 118 Å². The first-order valence-corrected chi connectivity index (χ1v) is 13.5. The van der Waals surface area contributed by atoms with Crippen molar-refractivity contribution in [3.05, 3.63) is 11.6 Å². The van der Waals surface area contributed by atoms with E-state index in [2.05, 4.69) is 40.7 Å². The fourth-order valence-electron chi connectivity index (χ4n) is 9.03. The summed E-state index contributed by atoms with van der Waals surface area (Å²) < 4.78 is 5.58. The minimum absolute atomic E-state index is 0.0218. The molecule has 2 heteroatoms. The van der Waals surface area contributed by atoms with Crippen molar-refractivity contribution < 1.29 is 9.53 Å². The Balaban J connectivity index is 1.47. The van der Waals surface area contributed by atoms with Crippen molar-refractivity contribution in [2.24, 2.45) is 46.3 Å². The summed E-state index contributed by atoms with van der Waals surface area (Å²) in [5.74, 6) is 5.24. The maximum Gasteiger partial charge on any atom is 0.303 e. The van der Waals surface area contributed by atoms with Gasteiger partial charge in [-0.05, 0) is 104 Å². The molecule has 8 unspecified atom stereocenters. The normalized spacial score (nSPS) is 42.9. The number of hydrogen-bond donors (Lipinski definition) is 0. The van der Waals surface area contributed by atoms with Crippen molar-refractivity contribution in [3.8, 4) is 0 Å². The Morgan fingerprint density at radius 1 is 1.03 bits per heavy atom. The fourth-order valence-corrected chi connectivity index (χ4v) is 9.03. The van der Waals surface area contributed by atoms with Crippen LogP contribution in [0.2, 0.25) is 0 Å². The van der Waals surface area contributed by atoms with Gasteiger partial charge < -0.3 is 4.74 Å². The van der Waals surface area contributed by atoms with Crippen LogP contribution in [0.15, 0.2) is 11.6 Å². The molecular weight excluding hydrogens is 380 g/mol. The molecule has 4 rings (SSSR count). The molecule has 0 aromatic heterocycles. The third-order valence-electron chi connectivity index (χ3n) is 10.6. The number of fused-ring (bicyclic) bond motifs is 5. The summed E-state index contributed by atoms with van der Waals surface area (Å²) >= 11 is 0. The lowest BCUT2D eigenvalue weighted by molar-refractivity contribution is -0.145. The highest BCUT2D eigenvalue weighted by Gasteiger charge is 2.59. The van der Waals surface area contributed by atoms with Crippen LogP contribution < -0.4 is 0 Å². The molecule has 3 saturated carbocycles. The smallest absolute Gasteiger partial charge is 0.303 e. The first-order chi connectivity index (χ1) is 14.6. The predicted molar refractivity (Wildman–Crippen MR) is 129 cm³/mol. The zero-order chi connectivity index (χ0) is 22.4. The molecule has 0 saturated heterocycles. The van der Waals surface area contributed by atoms with Crippen LogP contribution in [0.1, 0.15) is 112 Å². The molecule has 176 valence electrons. The Kier molecular flexibility index (Phi) is 6.68. The van der Waals surface area contributed by atoms with Gasteiger partial charge in [-0.2, -0.15) is 0 Å². The quantitative estimate of drug-likeness (QED) is 0.317. The average molecular weight is 429 g/mol. The Labute approximate surface area is 192 Å². The largest absolute Gasteiger partial charge is 0.458 e. The number of rotatable bonds is 6. The van der Waals surface area contributed by atoms with E-state index in [1.54, 1.807) is 12.5 Å². The molecule has 0 N–H and O–H groups in total. The van der Waals surface area contributed by atoms with E-state index >= 15 is 0 Å². The van der Waals surface area contributed by atoms with Crippen LogP contribution in [0.4, 0.5) is 0 Å². The van der Waals surface area contributed by atoms with Crippen molar-refractivity contribution in [1.82, 2.24) is 0 Å². The van der Waals surface area contributed by atoms with Gasteiger partial charge in [-0.3, -0.25) is 4.79 Å². The van der Waals surface area contributed by atoms with Gasteiger partial charge in [0.1, 0.15) is 6.10 Å². The first kappa shape index (κ1) is 23.4. The third kappa shape index (κ3) is 4.26. The van der Waals surface area contributed by atoms with Crippen molar-refractivity contribution in [3.63, 3.8) is 0 Å². The van der Waals surface area contributed by atoms with Crippen LogP contribution in [0.25, 0.3) is 0 Å². The van der Waals surface area contributed by atoms with Crippen LogP contribution in [0.5, 0.6) is 0 Å². The van der Waals surface area contributed by atoms with Crippen molar-refractivity contribution >= 4 is 5.97 Å². The molecule has 0 aromatic rings. The second kappa shape index (κ2) is 8.86. The monoisotopic (exact) mass is 428 g/mol. The summed E-state index contributed by atoms with van der Waals surface area (Å²) in [6, 6.07) is 0. The van der Waals surface area contributed by atoms with Gasteiger partial charge in [0.05, 0.1) is 0 Å². The molecule has 2 nitrogen and oxygen atoms in total. The van der Waals surface area contributed by atoms with Gasteiger partial charge >= 0.3 is 5.97 Å². The second-order valence-electron chi connectivity index (χ2n) is 12.7. The average Bonchev–Trinajstić information content (AvgIpc) is 3.05. The summed E-state index contributed by atoms with van der Waals surface area (Å²) in [7, 11) is 0. The lowest BCUT2D eigenvalue weighted by Crippen LogP contribution is -2.51. The lowest BCUT2D eigenvalue weighted by atomic mass is 9.46. The highest BCUT2D eigenvalue weighted by molar-refractivity contribution is 5.66. The Hall–Kier alpha value is -0.790. The third-order valence-corrected chi connectivity index (χ3v) is 10.6. The van der Waals surface area contributed by atoms with Crippen molar-refractivity contribution in [1.29, 1.82) is 0 Å². The van der Waals surface area contributed by atoms with E-state index in [0.717, 1.165) is 41.9 Å². The van der Waals surface area contributed by atoms with E-state index in [0.29, 0.717) is 10.8 Å². The van der Waals surface area contributed by atoms with Gasteiger partial charge in [-0.15, -0.1) is 0 Å². The molecule has 0 aliphatic heterocycles. The minimum atomic E-state index is -0.132. The van der Waals surface area contributed by atoms with E-state index in [4.69, 9.17) is 4.74 Å². The highest BCUT2D eigenvalue weighted by atomic mass is 16.5. The molecule has 0 heterocycles. The maximum absolute atomic E-state index is 11.5. The van der Waals surface area contributed by atoms with Crippen LogP contribution in [0.3, 0.4) is 0 Å². The van der Waals surface area contributed by atoms with Crippen LogP contribution in [-0.4, -0.2) is 12.1 Å². The number of carbonyl (C=O) groups excluding carboxylic acids is 1. The molecular formula is C29H48O2. The van der Waals surface area contributed by atoms with Gasteiger partial charge in [0.15, 0.2) is 0 Å². The number of allylic oxidation sites excluding steroid dienone is 1. The van der Waals surface area contributed by atoms with Gasteiger partial charge in [-0.1, -0.05) is 59.5 Å². The Bertz CT molecular complexity index is 693. The summed E-state index contributed by atoms with van der Waals surface area (Å²) in [5.41, 5.74) is 2.54. The molecule has 0 aromatic carbocycles. The van der Waals surface area contributed by atoms with E-state index in [9.17, 15) is 4.79 Å². The summed E-state index contributed by atoms with van der Waals surface area (Å²) in [5, 5.41) is 0. The SMILES string of the molecule is CC(=O)OC1C=C2CCC3C(CCC4(C)C(C(C)CCCC(C)C)CCC34)C2(C)CC1. The molecule has 0 radical (unpaired) electrons. The number of esters is 1. The predicted octanol–water partition coefficient (Wildman–Crippen LogP) is 7.96. The number of ether oxygens (including phenoxy) is 1. The van der Waals surface area contributed by atoms with Gasteiger partial charge in [-0.25, -0.2) is 0 Å². The van der Waals surface area contributed by atoms with E-state index in [1.807, 2.05) is 0 Å². The summed E-state index contributed by atoms with van der Waals surface area (Å²) in [6.07, 6.45) is 17.2. The lowest BCUT2D eigenvalue weighted by Gasteiger charge is -2.59. The zero-order valence-corrected chi connectivity index (χ0v) is 21.2. The molecule has 4 aliphatic rings. The van der Waals surface area contributed by atoms with E-state index in [1.165, 1.54) is 64.2 Å². The molecule has 31 heavy (non-hydrogen) atoms. The molecule has 0 bridgehead atoms. The topological polar surface area (TPSA) is 26.3 Å². The Morgan fingerprint density at radius 2 is 1.81 bits per heavy atom. The Morgan fingerprint density at radius 3 is 2.52 bits per heavy atom. The summed E-state index contributed by atoms with van der Waals surface area (Å²) in [4.78, 5) is 11.5. The molecule has 4 aliphatic carbocycles. The van der Waals surface area contributed by atoms with E-state index < -0.39 is 0 Å². The van der Waals surface area contributed by atoms with Crippen molar-refractivity contribution in [2.75, 3.05) is 0 Å². The standard InChI is InChI=1S/C29H48O2/c1-19(2)8-7-9-20(3)25-12-13-26-24-11-10-22-18-23(31-21(4)30)14-16-28(22,5)27(24)15-17-29(25,26)6/h18-20,23-27H,7-17H2,1-6H3.